The maximum Gasteiger partial charge on any atom is 0.249 e. The maximum atomic E-state index is 11.8. The van der Waals surface area contributed by atoms with Crippen molar-refractivity contribution in [2.24, 2.45) is 0 Å². The summed E-state index contributed by atoms with van der Waals surface area (Å²) in [6.45, 7) is 4.92. The number of hydrogen-bond donors (Lipinski definition) is 2. The Labute approximate surface area is 117 Å². The minimum absolute atomic E-state index is 0.133. The van der Waals surface area contributed by atoms with E-state index < -0.39 is 0 Å². The Bertz CT molecular complexity index is 505. The van der Waals surface area contributed by atoms with Gasteiger partial charge in [0.2, 0.25) is 11.8 Å². The lowest BCUT2D eigenvalue weighted by molar-refractivity contribution is -0.132. The summed E-state index contributed by atoms with van der Waals surface area (Å²) < 4.78 is 0. The summed E-state index contributed by atoms with van der Waals surface area (Å²) in [5.41, 5.74) is 0. The summed E-state index contributed by atoms with van der Waals surface area (Å²) in [6, 6.07) is 1.39. The fourth-order valence-electron chi connectivity index (χ4n) is 2.17. The minimum atomic E-state index is -0.373. The van der Waals surface area contributed by atoms with Crippen molar-refractivity contribution in [2.45, 2.75) is 32.7 Å². The standard InChI is InChI=1S/C13H19N5O2/c1-3-5-14-10-6-11(16-8-15-10)18-7-12(19)17-13(20)9(18)4-2/h6,8-9H,3-5,7H2,1-2H3,(H,14,15,16)(H,17,19,20). The molecule has 1 aromatic heterocycles. The van der Waals surface area contributed by atoms with E-state index in [1.807, 2.05) is 6.92 Å². The first-order valence-corrected chi connectivity index (χ1v) is 6.82. The number of aromatic nitrogens is 2. The van der Waals surface area contributed by atoms with Crippen LogP contribution >= 0.6 is 0 Å². The van der Waals surface area contributed by atoms with Crippen molar-refractivity contribution in [3.63, 3.8) is 0 Å². The van der Waals surface area contributed by atoms with Crippen molar-refractivity contribution in [2.75, 3.05) is 23.3 Å². The van der Waals surface area contributed by atoms with Gasteiger partial charge in [0.15, 0.2) is 0 Å². The smallest absolute Gasteiger partial charge is 0.249 e. The van der Waals surface area contributed by atoms with Crippen LogP contribution in [0.2, 0.25) is 0 Å². The Balaban J connectivity index is 2.23. The molecule has 1 aromatic rings. The molecule has 7 heteroatoms. The lowest BCUT2D eigenvalue weighted by atomic mass is 10.1. The van der Waals surface area contributed by atoms with Crippen LogP contribution < -0.4 is 15.5 Å². The SMILES string of the molecule is CCCNc1cc(N2CC(=O)NC(=O)C2CC)ncn1. The van der Waals surface area contributed by atoms with Crippen LogP contribution in [0.5, 0.6) is 0 Å². The van der Waals surface area contributed by atoms with Crippen molar-refractivity contribution >= 4 is 23.5 Å². The molecule has 0 spiro atoms. The van der Waals surface area contributed by atoms with Crippen molar-refractivity contribution in [1.82, 2.24) is 15.3 Å². The summed E-state index contributed by atoms with van der Waals surface area (Å²) in [7, 11) is 0. The number of imide groups is 1. The molecule has 2 amide bonds. The molecule has 2 N–H and O–H groups in total. The predicted octanol–water partition coefficient (Wildman–Crippen LogP) is 0.540. The van der Waals surface area contributed by atoms with Gasteiger partial charge >= 0.3 is 0 Å². The highest BCUT2D eigenvalue weighted by Crippen LogP contribution is 2.20. The molecule has 7 nitrogen and oxygen atoms in total. The number of nitrogens with zero attached hydrogens (tertiary/aromatic N) is 3. The molecule has 0 radical (unpaired) electrons. The summed E-state index contributed by atoms with van der Waals surface area (Å²) in [5, 5.41) is 5.52. The van der Waals surface area contributed by atoms with Crippen LogP contribution in [0.25, 0.3) is 0 Å². The normalized spacial score (nSPS) is 18.9. The van der Waals surface area contributed by atoms with Crippen LogP contribution in [-0.2, 0) is 9.59 Å². The van der Waals surface area contributed by atoms with Gasteiger partial charge in [-0.3, -0.25) is 14.9 Å². The van der Waals surface area contributed by atoms with Gasteiger partial charge in [0, 0.05) is 12.6 Å². The Morgan fingerprint density at radius 1 is 1.40 bits per heavy atom. The molecule has 0 saturated carbocycles. The van der Waals surface area contributed by atoms with Crippen LogP contribution in [0.15, 0.2) is 12.4 Å². The predicted molar refractivity (Wildman–Crippen MR) is 75.4 cm³/mol. The van der Waals surface area contributed by atoms with E-state index >= 15 is 0 Å². The molecule has 108 valence electrons. The lowest BCUT2D eigenvalue weighted by Crippen LogP contribution is -2.58. The molecule has 2 heterocycles. The van der Waals surface area contributed by atoms with Gasteiger partial charge in [-0.1, -0.05) is 13.8 Å². The molecule has 1 fully saturated rings. The van der Waals surface area contributed by atoms with Crippen molar-refractivity contribution in [3.8, 4) is 0 Å². The van der Waals surface area contributed by atoms with E-state index in [1.54, 1.807) is 11.0 Å². The van der Waals surface area contributed by atoms with Crippen LogP contribution in [0.3, 0.4) is 0 Å². The highest BCUT2D eigenvalue weighted by atomic mass is 16.2. The Morgan fingerprint density at radius 2 is 2.20 bits per heavy atom. The number of carbonyl (C=O) groups is 2. The number of piperazine rings is 1. The van der Waals surface area contributed by atoms with Crippen molar-refractivity contribution in [3.05, 3.63) is 12.4 Å². The van der Waals surface area contributed by atoms with Gasteiger partial charge in [-0.2, -0.15) is 0 Å². The van der Waals surface area contributed by atoms with E-state index in [-0.39, 0.29) is 24.4 Å². The Hall–Kier alpha value is -2.18. The van der Waals surface area contributed by atoms with Gasteiger partial charge in [0.05, 0.1) is 6.54 Å². The minimum Gasteiger partial charge on any atom is -0.370 e. The maximum absolute atomic E-state index is 11.8. The molecule has 1 aliphatic heterocycles. The quantitative estimate of drug-likeness (QED) is 0.764. The monoisotopic (exact) mass is 277 g/mol. The van der Waals surface area contributed by atoms with Gasteiger partial charge in [-0.05, 0) is 12.8 Å². The number of nitrogens with one attached hydrogen (secondary N) is 2. The zero-order valence-corrected chi connectivity index (χ0v) is 11.7. The fraction of sp³-hybridized carbons (Fsp3) is 0.538. The molecule has 0 aromatic carbocycles. The molecule has 1 atom stereocenters. The second kappa shape index (κ2) is 6.31. The van der Waals surface area contributed by atoms with E-state index in [9.17, 15) is 9.59 Å². The number of anilines is 2. The lowest BCUT2D eigenvalue weighted by Gasteiger charge is -2.34. The van der Waals surface area contributed by atoms with Gasteiger partial charge in [0.1, 0.15) is 24.0 Å². The summed E-state index contributed by atoms with van der Waals surface area (Å²) in [4.78, 5) is 33.4. The number of amides is 2. The first-order chi connectivity index (χ1) is 9.65. The first-order valence-electron chi connectivity index (χ1n) is 6.82. The fourth-order valence-corrected chi connectivity index (χ4v) is 2.17. The van der Waals surface area contributed by atoms with Crippen LogP contribution in [-0.4, -0.2) is 40.9 Å². The highest BCUT2D eigenvalue weighted by molar-refractivity contribution is 6.04. The van der Waals surface area contributed by atoms with E-state index in [0.717, 1.165) is 13.0 Å². The van der Waals surface area contributed by atoms with Gasteiger partial charge in [0.25, 0.3) is 0 Å². The summed E-state index contributed by atoms with van der Waals surface area (Å²) >= 11 is 0. The van der Waals surface area contributed by atoms with Crippen molar-refractivity contribution < 1.29 is 9.59 Å². The van der Waals surface area contributed by atoms with Gasteiger partial charge in [-0.25, -0.2) is 9.97 Å². The second-order valence-corrected chi connectivity index (χ2v) is 4.65. The molecular weight excluding hydrogens is 258 g/mol. The van der Waals surface area contributed by atoms with Gasteiger partial charge in [-0.15, -0.1) is 0 Å². The molecule has 0 bridgehead atoms. The second-order valence-electron chi connectivity index (χ2n) is 4.65. The average molecular weight is 277 g/mol. The summed E-state index contributed by atoms with van der Waals surface area (Å²) in [6.07, 6.45) is 3.04. The first kappa shape index (κ1) is 14.2. The molecule has 1 unspecified atom stereocenters. The average Bonchev–Trinajstić information content (AvgIpc) is 2.44. The molecule has 2 rings (SSSR count). The molecule has 0 aliphatic carbocycles. The van der Waals surface area contributed by atoms with Crippen LogP contribution in [0, 0.1) is 0 Å². The topological polar surface area (TPSA) is 87.2 Å². The molecular formula is C13H19N5O2. The summed E-state index contributed by atoms with van der Waals surface area (Å²) in [5.74, 6) is 0.714. The number of hydrogen-bond acceptors (Lipinski definition) is 6. The third-order valence-electron chi connectivity index (χ3n) is 3.15. The zero-order chi connectivity index (χ0) is 14.5. The number of rotatable bonds is 5. The number of carbonyl (C=O) groups excluding carboxylic acids is 2. The molecule has 1 aliphatic rings. The zero-order valence-electron chi connectivity index (χ0n) is 11.7. The third-order valence-corrected chi connectivity index (χ3v) is 3.15. The van der Waals surface area contributed by atoms with Crippen molar-refractivity contribution in [1.29, 1.82) is 0 Å². The third kappa shape index (κ3) is 3.04. The van der Waals surface area contributed by atoms with Crippen LogP contribution in [0.4, 0.5) is 11.6 Å². The van der Waals surface area contributed by atoms with E-state index in [1.165, 1.54) is 6.33 Å². The van der Waals surface area contributed by atoms with Crippen LogP contribution in [0.1, 0.15) is 26.7 Å². The largest absolute Gasteiger partial charge is 0.370 e. The Kier molecular flexibility index (Phi) is 4.49. The van der Waals surface area contributed by atoms with E-state index in [4.69, 9.17) is 0 Å². The molecule has 20 heavy (non-hydrogen) atoms. The van der Waals surface area contributed by atoms with E-state index in [2.05, 4.69) is 27.5 Å². The van der Waals surface area contributed by atoms with E-state index in [0.29, 0.717) is 18.1 Å². The van der Waals surface area contributed by atoms with Gasteiger partial charge < -0.3 is 10.2 Å². The highest BCUT2D eigenvalue weighted by Gasteiger charge is 2.33. The molecule has 1 saturated heterocycles. The Morgan fingerprint density at radius 3 is 2.90 bits per heavy atom.